The predicted molar refractivity (Wildman–Crippen MR) is 125 cm³/mol. The first kappa shape index (κ1) is 21.9. The number of anilines is 1. The van der Waals surface area contributed by atoms with Gasteiger partial charge in [0.15, 0.2) is 0 Å². The Bertz CT molecular complexity index is 1030. The lowest BCUT2D eigenvalue weighted by atomic mass is 9.95. The largest absolute Gasteiger partial charge is 0.356 e. The van der Waals surface area contributed by atoms with Crippen LogP contribution in [0.4, 0.5) is 10.2 Å². The SMILES string of the molecule is C[C@@H](CCc1ccccc1)NC(=O)C1CCN(c2cc(-c3cccc(F)c3)ncn2)CC1. The minimum Gasteiger partial charge on any atom is -0.356 e. The van der Waals surface area contributed by atoms with Crippen molar-refractivity contribution in [3.8, 4) is 11.3 Å². The van der Waals surface area contributed by atoms with E-state index < -0.39 is 0 Å². The van der Waals surface area contributed by atoms with Gasteiger partial charge in [-0.2, -0.15) is 0 Å². The maximum absolute atomic E-state index is 13.6. The highest BCUT2D eigenvalue weighted by molar-refractivity contribution is 5.79. The summed E-state index contributed by atoms with van der Waals surface area (Å²) in [7, 11) is 0. The van der Waals surface area contributed by atoms with Crippen molar-refractivity contribution in [1.29, 1.82) is 0 Å². The molecular formula is C26H29FN4O. The molecule has 166 valence electrons. The second-order valence-corrected chi connectivity index (χ2v) is 8.47. The number of halogens is 1. The van der Waals surface area contributed by atoms with Gasteiger partial charge in [0.25, 0.3) is 0 Å². The summed E-state index contributed by atoms with van der Waals surface area (Å²) < 4.78 is 13.6. The van der Waals surface area contributed by atoms with Gasteiger partial charge in [-0.25, -0.2) is 14.4 Å². The highest BCUT2D eigenvalue weighted by atomic mass is 19.1. The number of piperidine rings is 1. The van der Waals surface area contributed by atoms with Gasteiger partial charge in [-0.3, -0.25) is 4.79 Å². The number of rotatable bonds is 7. The number of nitrogens with one attached hydrogen (secondary N) is 1. The molecule has 1 fully saturated rings. The third-order valence-electron chi connectivity index (χ3n) is 6.06. The molecule has 1 saturated heterocycles. The lowest BCUT2D eigenvalue weighted by Crippen LogP contribution is -2.43. The highest BCUT2D eigenvalue weighted by Gasteiger charge is 2.26. The molecule has 0 saturated carbocycles. The number of aryl methyl sites for hydroxylation is 1. The van der Waals surface area contributed by atoms with Gasteiger partial charge < -0.3 is 10.2 Å². The zero-order chi connectivity index (χ0) is 22.3. The van der Waals surface area contributed by atoms with Crippen LogP contribution >= 0.6 is 0 Å². The highest BCUT2D eigenvalue weighted by Crippen LogP contribution is 2.25. The Hall–Kier alpha value is -3.28. The van der Waals surface area contributed by atoms with E-state index in [2.05, 4.69) is 39.2 Å². The fourth-order valence-corrected chi connectivity index (χ4v) is 4.16. The van der Waals surface area contributed by atoms with E-state index >= 15 is 0 Å². The Kier molecular flexibility index (Phi) is 7.10. The van der Waals surface area contributed by atoms with Crippen LogP contribution in [0.2, 0.25) is 0 Å². The number of nitrogens with zero attached hydrogens (tertiary/aromatic N) is 3. The van der Waals surface area contributed by atoms with Crippen LogP contribution < -0.4 is 10.2 Å². The fourth-order valence-electron chi connectivity index (χ4n) is 4.16. The minimum absolute atomic E-state index is 0.0231. The summed E-state index contributed by atoms with van der Waals surface area (Å²) in [6.45, 7) is 3.59. The molecule has 2 aromatic carbocycles. The Morgan fingerprint density at radius 3 is 2.62 bits per heavy atom. The third kappa shape index (κ3) is 5.69. The van der Waals surface area contributed by atoms with Crippen LogP contribution in [0.15, 0.2) is 67.0 Å². The molecule has 1 aliphatic rings. The summed E-state index contributed by atoms with van der Waals surface area (Å²) in [5, 5.41) is 3.19. The number of carbonyl (C=O) groups excluding carboxylic acids is 1. The summed E-state index contributed by atoms with van der Waals surface area (Å²) in [5.41, 5.74) is 2.72. The van der Waals surface area contributed by atoms with Gasteiger partial charge >= 0.3 is 0 Å². The molecule has 4 rings (SSSR count). The van der Waals surface area contributed by atoms with Crippen molar-refractivity contribution in [2.24, 2.45) is 5.92 Å². The van der Waals surface area contributed by atoms with Gasteiger partial charge in [0.2, 0.25) is 5.91 Å². The van der Waals surface area contributed by atoms with E-state index in [0.717, 1.165) is 50.2 Å². The van der Waals surface area contributed by atoms with Gasteiger partial charge in [0.1, 0.15) is 18.0 Å². The van der Waals surface area contributed by atoms with Gasteiger partial charge in [-0.15, -0.1) is 0 Å². The van der Waals surface area contributed by atoms with E-state index in [9.17, 15) is 9.18 Å². The number of aromatic nitrogens is 2. The Morgan fingerprint density at radius 2 is 1.88 bits per heavy atom. The van der Waals surface area contributed by atoms with E-state index in [4.69, 9.17) is 0 Å². The summed E-state index contributed by atoms with van der Waals surface area (Å²) in [6.07, 6.45) is 4.98. The van der Waals surface area contributed by atoms with Crippen LogP contribution in [-0.2, 0) is 11.2 Å². The summed E-state index contributed by atoms with van der Waals surface area (Å²) >= 11 is 0. The van der Waals surface area contributed by atoms with Crippen LogP contribution in [-0.4, -0.2) is 35.0 Å². The monoisotopic (exact) mass is 432 g/mol. The molecule has 32 heavy (non-hydrogen) atoms. The average Bonchev–Trinajstić information content (AvgIpc) is 2.83. The normalized spacial score (nSPS) is 15.4. The van der Waals surface area contributed by atoms with E-state index in [1.165, 1.54) is 24.0 Å². The number of hydrogen-bond acceptors (Lipinski definition) is 4. The molecule has 1 N–H and O–H groups in total. The molecule has 0 bridgehead atoms. The predicted octanol–water partition coefficient (Wildman–Crippen LogP) is 4.64. The van der Waals surface area contributed by atoms with Gasteiger partial charge in [0.05, 0.1) is 5.69 Å². The molecule has 3 aromatic rings. The lowest BCUT2D eigenvalue weighted by molar-refractivity contribution is -0.126. The van der Waals surface area contributed by atoms with Crippen molar-refractivity contribution < 1.29 is 9.18 Å². The van der Waals surface area contributed by atoms with Crippen molar-refractivity contribution in [3.63, 3.8) is 0 Å². The van der Waals surface area contributed by atoms with E-state index in [0.29, 0.717) is 5.69 Å². The van der Waals surface area contributed by atoms with Gasteiger partial charge in [0, 0.05) is 36.7 Å². The first-order valence-electron chi connectivity index (χ1n) is 11.3. The summed E-state index contributed by atoms with van der Waals surface area (Å²) in [5.74, 6) is 0.699. The Balaban J connectivity index is 1.28. The third-order valence-corrected chi connectivity index (χ3v) is 6.06. The van der Waals surface area contributed by atoms with Crippen LogP contribution in [0.3, 0.4) is 0 Å². The molecule has 1 amide bonds. The van der Waals surface area contributed by atoms with Crippen molar-refractivity contribution >= 4 is 11.7 Å². The summed E-state index contributed by atoms with van der Waals surface area (Å²) in [4.78, 5) is 23.6. The van der Waals surface area contributed by atoms with Crippen LogP contribution in [0.25, 0.3) is 11.3 Å². The number of amides is 1. The van der Waals surface area contributed by atoms with Gasteiger partial charge in [-0.05, 0) is 50.3 Å². The molecule has 6 heteroatoms. The molecule has 0 spiro atoms. The topological polar surface area (TPSA) is 58.1 Å². The van der Waals surface area contributed by atoms with Crippen LogP contribution in [0, 0.1) is 11.7 Å². The molecule has 5 nitrogen and oxygen atoms in total. The first-order valence-corrected chi connectivity index (χ1v) is 11.3. The van der Waals surface area contributed by atoms with E-state index in [1.54, 1.807) is 6.07 Å². The molecule has 1 aromatic heterocycles. The Labute approximate surface area is 188 Å². The molecule has 0 aliphatic carbocycles. The molecule has 2 heterocycles. The number of carbonyl (C=O) groups is 1. The number of hydrogen-bond donors (Lipinski definition) is 1. The standard InChI is InChI=1S/C26H29FN4O/c1-19(10-11-20-6-3-2-4-7-20)30-26(32)21-12-14-31(15-13-21)25-17-24(28-18-29-25)22-8-5-9-23(27)16-22/h2-9,16-19,21H,10-15H2,1H3,(H,30,32)/t19-/m0/s1. The molecule has 1 atom stereocenters. The lowest BCUT2D eigenvalue weighted by Gasteiger charge is -2.32. The van der Waals surface area contributed by atoms with Crippen molar-refractivity contribution in [2.45, 2.75) is 38.6 Å². The molecular weight excluding hydrogens is 403 g/mol. The van der Waals surface area contributed by atoms with Crippen LogP contribution in [0.1, 0.15) is 31.7 Å². The number of benzene rings is 2. The van der Waals surface area contributed by atoms with E-state index in [-0.39, 0.29) is 23.7 Å². The van der Waals surface area contributed by atoms with Crippen molar-refractivity contribution in [2.75, 3.05) is 18.0 Å². The average molecular weight is 433 g/mol. The maximum atomic E-state index is 13.6. The zero-order valence-electron chi connectivity index (χ0n) is 18.4. The molecule has 0 unspecified atom stereocenters. The quantitative estimate of drug-likeness (QED) is 0.591. The zero-order valence-corrected chi connectivity index (χ0v) is 18.4. The fraction of sp³-hybridized carbons (Fsp3) is 0.346. The van der Waals surface area contributed by atoms with Crippen LogP contribution in [0.5, 0.6) is 0 Å². The van der Waals surface area contributed by atoms with E-state index in [1.807, 2.05) is 30.3 Å². The smallest absolute Gasteiger partial charge is 0.223 e. The summed E-state index contributed by atoms with van der Waals surface area (Å²) in [6, 6.07) is 18.8. The van der Waals surface area contributed by atoms with Crippen molar-refractivity contribution in [3.05, 3.63) is 78.4 Å². The second-order valence-electron chi connectivity index (χ2n) is 8.47. The Morgan fingerprint density at radius 1 is 1.09 bits per heavy atom. The molecule has 1 aliphatic heterocycles. The van der Waals surface area contributed by atoms with Crippen molar-refractivity contribution in [1.82, 2.24) is 15.3 Å². The minimum atomic E-state index is -0.285. The maximum Gasteiger partial charge on any atom is 0.223 e. The first-order chi connectivity index (χ1) is 15.6. The van der Waals surface area contributed by atoms with Gasteiger partial charge in [-0.1, -0.05) is 42.5 Å². The molecule has 0 radical (unpaired) electrons. The second kappa shape index (κ2) is 10.4.